The molecule has 1 aliphatic rings. The zero-order valence-electron chi connectivity index (χ0n) is 14.5. The van der Waals surface area contributed by atoms with E-state index in [9.17, 15) is 13.2 Å². The van der Waals surface area contributed by atoms with Gasteiger partial charge in [-0.15, -0.1) is 0 Å². The van der Waals surface area contributed by atoms with Gasteiger partial charge in [0.2, 0.25) is 5.91 Å². The van der Waals surface area contributed by atoms with Crippen LogP contribution in [0.3, 0.4) is 0 Å². The number of rotatable bonds is 7. The van der Waals surface area contributed by atoms with Crippen molar-refractivity contribution < 1.29 is 17.9 Å². The van der Waals surface area contributed by atoms with Crippen LogP contribution in [0.5, 0.6) is 0 Å². The van der Waals surface area contributed by atoms with Gasteiger partial charge in [-0.3, -0.25) is 4.79 Å². The van der Waals surface area contributed by atoms with Crippen LogP contribution >= 0.6 is 0 Å². The lowest BCUT2D eigenvalue weighted by atomic mass is 9.90. The molecule has 6 heteroatoms. The number of amides is 1. The third-order valence-electron chi connectivity index (χ3n) is 4.57. The van der Waals surface area contributed by atoms with E-state index in [1.165, 1.54) is 0 Å². The maximum Gasteiger partial charge on any atom is 0.219 e. The van der Waals surface area contributed by atoms with E-state index < -0.39 is 9.84 Å². The van der Waals surface area contributed by atoms with E-state index in [4.69, 9.17) is 4.74 Å². The summed E-state index contributed by atoms with van der Waals surface area (Å²) in [6.07, 6.45) is 2.95. The Morgan fingerprint density at radius 3 is 2.38 bits per heavy atom. The van der Waals surface area contributed by atoms with Crippen molar-refractivity contribution in [3.63, 3.8) is 0 Å². The Morgan fingerprint density at radius 2 is 1.83 bits per heavy atom. The third kappa shape index (κ3) is 5.31. The predicted molar refractivity (Wildman–Crippen MR) is 93.7 cm³/mol. The van der Waals surface area contributed by atoms with Crippen molar-refractivity contribution in [2.24, 2.45) is 5.92 Å². The molecule has 1 aliphatic heterocycles. The average molecular weight is 353 g/mol. The van der Waals surface area contributed by atoms with Crippen LogP contribution in [0.1, 0.15) is 32.3 Å². The smallest absolute Gasteiger partial charge is 0.219 e. The van der Waals surface area contributed by atoms with Crippen molar-refractivity contribution in [3.05, 3.63) is 29.8 Å². The number of ether oxygens (including phenoxy) is 1. The number of hydrogen-bond acceptors (Lipinski definition) is 4. The molecule has 134 valence electrons. The lowest BCUT2D eigenvalue weighted by Crippen LogP contribution is -2.37. The monoisotopic (exact) mass is 353 g/mol. The first-order valence-electron chi connectivity index (χ1n) is 8.57. The highest BCUT2D eigenvalue weighted by Gasteiger charge is 2.21. The van der Waals surface area contributed by atoms with Crippen molar-refractivity contribution in [1.29, 1.82) is 0 Å². The SMILES string of the molecule is CCOCCS(=O)(=O)c1ccc(CC2CCN(C(C)=O)CC2)cc1. The van der Waals surface area contributed by atoms with E-state index in [2.05, 4.69) is 0 Å². The first-order chi connectivity index (χ1) is 11.4. The highest BCUT2D eigenvalue weighted by molar-refractivity contribution is 7.91. The topological polar surface area (TPSA) is 63.7 Å². The van der Waals surface area contributed by atoms with E-state index in [-0.39, 0.29) is 18.3 Å². The molecular formula is C18H27NO4S. The second-order valence-electron chi connectivity index (χ2n) is 6.31. The predicted octanol–water partition coefficient (Wildman–Crippen LogP) is 2.30. The molecule has 0 aromatic heterocycles. The molecule has 0 aliphatic carbocycles. The number of carbonyl (C=O) groups is 1. The average Bonchev–Trinajstić information content (AvgIpc) is 2.56. The van der Waals surface area contributed by atoms with Gasteiger partial charge < -0.3 is 9.64 Å². The second-order valence-corrected chi connectivity index (χ2v) is 8.42. The molecule has 0 unspecified atom stereocenters. The van der Waals surface area contributed by atoms with Gasteiger partial charge in [0.1, 0.15) is 0 Å². The molecule has 0 spiro atoms. The van der Waals surface area contributed by atoms with Crippen LogP contribution in [-0.2, 0) is 25.8 Å². The van der Waals surface area contributed by atoms with E-state index in [1.807, 2.05) is 24.0 Å². The zero-order chi connectivity index (χ0) is 17.6. The number of benzene rings is 1. The lowest BCUT2D eigenvalue weighted by Gasteiger charge is -2.31. The first-order valence-corrected chi connectivity index (χ1v) is 10.2. The molecule has 0 N–H and O–H groups in total. The summed E-state index contributed by atoms with van der Waals surface area (Å²) in [5.74, 6) is 0.722. The largest absolute Gasteiger partial charge is 0.381 e. The number of nitrogens with zero attached hydrogens (tertiary/aromatic N) is 1. The summed E-state index contributed by atoms with van der Waals surface area (Å²) in [5.41, 5.74) is 1.15. The van der Waals surface area contributed by atoms with Crippen LogP contribution in [0.4, 0.5) is 0 Å². The van der Waals surface area contributed by atoms with Gasteiger partial charge >= 0.3 is 0 Å². The molecule has 2 rings (SSSR count). The van der Waals surface area contributed by atoms with Gasteiger partial charge in [-0.05, 0) is 49.8 Å². The Balaban J connectivity index is 1.89. The summed E-state index contributed by atoms with van der Waals surface area (Å²) < 4.78 is 29.5. The molecule has 0 atom stereocenters. The maximum atomic E-state index is 12.2. The molecular weight excluding hydrogens is 326 g/mol. The fourth-order valence-corrected chi connectivity index (χ4v) is 4.17. The molecule has 0 saturated carbocycles. The van der Waals surface area contributed by atoms with E-state index in [1.54, 1.807) is 19.1 Å². The minimum atomic E-state index is -3.27. The van der Waals surface area contributed by atoms with Crippen molar-refractivity contribution in [3.8, 4) is 0 Å². The highest BCUT2D eigenvalue weighted by atomic mass is 32.2. The summed E-state index contributed by atoms with van der Waals surface area (Å²) in [6, 6.07) is 7.21. The number of likely N-dealkylation sites (tertiary alicyclic amines) is 1. The number of piperidine rings is 1. The van der Waals surface area contributed by atoms with Crippen molar-refractivity contribution in [1.82, 2.24) is 4.90 Å². The van der Waals surface area contributed by atoms with Gasteiger partial charge in [0.25, 0.3) is 0 Å². The van der Waals surface area contributed by atoms with Gasteiger partial charge in [0.15, 0.2) is 9.84 Å². The van der Waals surface area contributed by atoms with Crippen LogP contribution in [-0.4, -0.2) is 51.3 Å². The molecule has 1 heterocycles. The maximum absolute atomic E-state index is 12.2. The number of hydrogen-bond donors (Lipinski definition) is 0. The minimum absolute atomic E-state index is 0.0176. The van der Waals surface area contributed by atoms with Gasteiger partial charge in [-0.25, -0.2) is 8.42 Å². The van der Waals surface area contributed by atoms with Crippen molar-refractivity contribution in [2.45, 2.75) is 38.0 Å². The molecule has 0 bridgehead atoms. The van der Waals surface area contributed by atoms with E-state index in [0.29, 0.717) is 17.4 Å². The van der Waals surface area contributed by atoms with Gasteiger partial charge in [0.05, 0.1) is 17.3 Å². The lowest BCUT2D eigenvalue weighted by molar-refractivity contribution is -0.130. The molecule has 5 nitrogen and oxygen atoms in total. The molecule has 1 amide bonds. The minimum Gasteiger partial charge on any atom is -0.381 e. The molecule has 1 fully saturated rings. The Labute approximate surface area is 144 Å². The fourth-order valence-electron chi connectivity index (χ4n) is 3.05. The Bertz CT molecular complexity index is 631. The third-order valence-corrected chi connectivity index (χ3v) is 6.26. The molecule has 1 aromatic rings. The van der Waals surface area contributed by atoms with E-state index in [0.717, 1.165) is 37.9 Å². The number of carbonyl (C=O) groups excluding carboxylic acids is 1. The van der Waals surface area contributed by atoms with Crippen LogP contribution in [0.15, 0.2) is 29.2 Å². The number of sulfone groups is 1. The standard InChI is InChI=1S/C18H27NO4S/c1-3-23-12-13-24(21,22)18-6-4-16(5-7-18)14-17-8-10-19(11-9-17)15(2)20/h4-7,17H,3,8-14H2,1-2H3. The van der Waals surface area contributed by atoms with Crippen LogP contribution < -0.4 is 0 Å². The van der Waals surface area contributed by atoms with Crippen LogP contribution in [0.2, 0.25) is 0 Å². The fraction of sp³-hybridized carbons (Fsp3) is 0.611. The second kappa shape index (κ2) is 8.62. The zero-order valence-corrected chi connectivity index (χ0v) is 15.3. The van der Waals surface area contributed by atoms with Gasteiger partial charge in [-0.1, -0.05) is 12.1 Å². The summed E-state index contributed by atoms with van der Waals surface area (Å²) in [7, 11) is -3.27. The molecule has 24 heavy (non-hydrogen) atoms. The van der Waals surface area contributed by atoms with Crippen LogP contribution in [0, 0.1) is 5.92 Å². The summed E-state index contributed by atoms with van der Waals surface area (Å²) in [6.45, 7) is 5.87. The van der Waals surface area contributed by atoms with Gasteiger partial charge in [0, 0.05) is 26.6 Å². The Morgan fingerprint density at radius 1 is 1.21 bits per heavy atom. The van der Waals surface area contributed by atoms with E-state index >= 15 is 0 Å². The normalized spacial score (nSPS) is 16.3. The molecule has 1 aromatic carbocycles. The first kappa shape index (κ1) is 18.9. The highest BCUT2D eigenvalue weighted by Crippen LogP contribution is 2.22. The van der Waals surface area contributed by atoms with Crippen molar-refractivity contribution in [2.75, 3.05) is 32.1 Å². The summed E-state index contributed by atoms with van der Waals surface area (Å²) >= 11 is 0. The van der Waals surface area contributed by atoms with Crippen LogP contribution in [0.25, 0.3) is 0 Å². The summed E-state index contributed by atoms with van der Waals surface area (Å²) in [5, 5.41) is 0. The molecule has 0 radical (unpaired) electrons. The van der Waals surface area contributed by atoms with Crippen molar-refractivity contribution >= 4 is 15.7 Å². The van der Waals surface area contributed by atoms with Gasteiger partial charge in [-0.2, -0.15) is 0 Å². The quantitative estimate of drug-likeness (QED) is 0.706. The Hall–Kier alpha value is -1.40. The summed E-state index contributed by atoms with van der Waals surface area (Å²) in [4.78, 5) is 13.6. The Kier molecular flexibility index (Phi) is 6.80. The molecule has 1 saturated heterocycles.